The highest BCUT2D eigenvalue weighted by Gasteiger charge is 2.23. The molecule has 0 amide bonds. The van der Waals surface area contributed by atoms with Crippen LogP contribution in [0.25, 0.3) is 16.6 Å². The molecule has 0 atom stereocenters. The molecule has 4 heteroatoms. The molecular weight excluding hydrogens is 392 g/mol. The minimum Gasteiger partial charge on any atom is -0.303 e. The van der Waals surface area contributed by atoms with E-state index in [2.05, 4.69) is 69.9 Å². The summed E-state index contributed by atoms with van der Waals surface area (Å²) in [4.78, 5) is 11.8. The number of imidazole rings is 1. The average Bonchev–Trinajstić information content (AvgIpc) is 3.32. The number of hydrogen-bond donors (Lipinski definition) is 0. The molecule has 0 N–H and O–H groups in total. The standard InChI is InChI=1S/C28H30N4/c1-20-8-10-26-24(5-3-6-27(26)30-20)22-13-16-31(17-14-22)15-12-21-4-2-7-28-25(21)11-9-23-18-29-19-32(23)28/h2-8,10,18-19,22H,9,11-17H2,1H3. The number of aromatic nitrogens is 3. The molecule has 1 saturated heterocycles. The zero-order valence-corrected chi connectivity index (χ0v) is 18.8. The van der Waals surface area contributed by atoms with E-state index in [1.165, 1.54) is 59.4 Å². The van der Waals surface area contributed by atoms with Gasteiger partial charge in [-0.15, -0.1) is 0 Å². The molecule has 0 saturated carbocycles. The highest BCUT2D eigenvalue weighted by atomic mass is 15.1. The lowest BCUT2D eigenvalue weighted by molar-refractivity contribution is 0.215. The summed E-state index contributed by atoms with van der Waals surface area (Å²) in [5, 5.41) is 1.34. The van der Waals surface area contributed by atoms with Gasteiger partial charge < -0.3 is 9.47 Å². The first kappa shape index (κ1) is 19.7. The number of nitrogens with zero attached hydrogens (tertiary/aromatic N) is 4. The Morgan fingerprint density at radius 2 is 1.84 bits per heavy atom. The third kappa shape index (κ3) is 3.53. The van der Waals surface area contributed by atoms with Crippen LogP contribution in [-0.2, 0) is 19.3 Å². The van der Waals surface area contributed by atoms with Crippen molar-refractivity contribution in [2.75, 3.05) is 19.6 Å². The van der Waals surface area contributed by atoms with Crippen molar-refractivity contribution in [2.45, 2.75) is 44.9 Å². The van der Waals surface area contributed by atoms with E-state index >= 15 is 0 Å². The number of hydrogen-bond acceptors (Lipinski definition) is 3. The zero-order valence-electron chi connectivity index (χ0n) is 18.8. The first-order chi connectivity index (χ1) is 15.8. The second-order valence-electron chi connectivity index (χ2n) is 9.40. The Labute approximate surface area is 189 Å². The molecule has 1 fully saturated rings. The lowest BCUT2D eigenvalue weighted by atomic mass is 9.87. The Hall–Kier alpha value is -2.98. The third-order valence-corrected chi connectivity index (χ3v) is 7.48. The largest absolute Gasteiger partial charge is 0.303 e. The Balaban J connectivity index is 1.13. The van der Waals surface area contributed by atoms with Gasteiger partial charge in [0.1, 0.15) is 0 Å². The fraction of sp³-hybridized carbons (Fsp3) is 0.357. The fourth-order valence-electron chi connectivity index (χ4n) is 5.73. The summed E-state index contributed by atoms with van der Waals surface area (Å²) in [5.41, 5.74) is 9.42. The van der Waals surface area contributed by atoms with Crippen LogP contribution in [0.3, 0.4) is 0 Å². The van der Waals surface area contributed by atoms with E-state index in [9.17, 15) is 0 Å². The Bertz CT molecular complexity index is 1260. The van der Waals surface area contributed by atoms with Gasteiger partial charge in [0, 0.05) is 29.5 Å². The maximum Gasteiger partial charge on any atom is 0.0994 e. The van der Waals surface area contributed by atoms with E-state index in [0.717, 1.165) is 37.0 Å². The molecule has 0 bridgehead atoms. The van der Waals surface area contributed by atoms with Gasteiger partial charge in [-0.2, -0.15) is 0 Å². The van der Waals surface area contributed by atoms with Crippen molar-refractivity contribution >= 4 is 10.9 Å². The maximum absolute atomic E-state index is 4.74. The molecule has 2 aliphatic heterocycles. The summed E-state index contributed by atoms with van der Waals surface area (Å²) < 4.78 is 2.27. The van der Waals surface area contributed by atoms with E-state index in [-0.39, 0.29) is 0 Å². The van der Waals surface area contributed by atoms with Crippen molar-refractivity contribution in [1.29, 1.82) is 0 Å². The van der Waals surface area contributed by atoms with Crippen LogP contribution in [0.2, 0.25) is 0 Å². The van der Waals surface area contributed by atoms with Crippen molar-refractivity contribution in [2.24, 2.45) is 0 Å². The van der Waals surface area contributed by atoms with Gasteiger partial charge in [0.25, 0.3) is 0 Å². The van der Waals surface area contributed by atoms with E-state index in [0.29, 0.717) is 5.92 Å². The Morgan fingerprint density at radius 1 is 0.969 bits per heavy atom. The normalized spacial score (nSPS) is 16.8. The first-order valence-electron chi connectivity index (χ1n) is 12.0. The fourth-order valence-corrected chi connectivity index (χ4v) is 5.73. The predicted molar refractivity (Wildman–Crippen MR) is 130 cm³/mol. The van der Waals surface area contributed by atoms with Crippen molar-refractivity contribution < 1.29 is 0 Å². The van der Waals surface area contributed by atoms with Crippen molar-refractivity contribution in [3.63, 3.8) is 0 Å². The van der Waals surface area contributed by atoms with E-state index in [1.54, 1.807) is 0 Å². The second kappa shape index (κ2) is 8.18. The van der Waals surface area contributed by atoms with E-state index in [4.69, 9.17) is 4.98 Å². The maximum atomic E-state index is 4.74. The summed E-state index contributed by atoms with van der Waals surface area (Å²) in [6.45, 7) is 5.58. The van der Waals surface area contributed by atoms with Crippen LogP contribution in [0, 0.1) is 6.92 Å². The molecule has 2 aromatic heterocycles. The summed E-state index contributed by atoms with van der Waals surface area (Å²) >= 11 is 0. The summed E-state index contributed by atoms with van der Waals surface area (Å²) in [6, 6.07) is 17.9. The molecule has 0 spiro atoms. The average molecular weight is 423 g/mol. The van der Waals surface area contributed by atoms with Crippen LogP contribution < -0.4 is 0 Å². The first-order valence-corrected chi connectivity index (χ1v) is 12.0. The van der Waals surface area contributed by atoms with E-state index < -0.39 is 0 Å². The van der Waals surface area contributed by atoms with Crippen molar-refractivity contribution in [1.82, 2.24) is 19.4 Å². The van der Waals surface area contributed by atoms with Gasteiger partial charge in [0.15, 0.2) is 0 Å². The van der Waals surface area contributed by atoms with Gasteiger partial charge in [-0.05, 0) is 92.9 Å². The highest BCUT2D eigenvalue weighted by molar-refractivity contribution is 5.83. The molecule has 0 unspecified atom stereocenters. The van der Waals surface area contributed by atoms with Crippen molar-refractivity contribution in [3.8, 4) is 5.69 Å². The minimum atomic E-state index is 0.642. The van der Waals surface area contributed by atoms with Crippen LogP contribution in [0.5, 0.6) is 0 Å². The summed E-state index contributed by atoms with van der Waals surface area (Å²) in [6.07, 6.45) is 9.80. The van der Waals surface area contributed by atoms with Crippen molar-refractivity contribution in [3.05, 3.63) is 89.1 Å². The molecule has 2 aromatic carbocycles. The molecule has 4 nitrogen and oxygen atoms in total. The van der Waals surface area contributed by atoms with Crippen LogP contribution in [0.4, 0.5) is 0 Å². The quantitative estimate of drug-likeness (QED) is 0.450. The predicted octanol–water partition coefficient (Wildman–Crippen LogP) is 5.25. The summed E-state index contributed by atoms with van der Waals surface area (Å²) in [7, 11) is 0. The van der Waals surface area contributed by atoms with Gasteiger partial charge in [-0.3, -0.25) is 4.98 Å². The molecule has 6 rings (SSSR count). The number of likely N-dealkylation sites (tertiary alicyclic amines) is 1. The zero-order chi connectivity index (χ0) is 21.5. The van der Waals surface area contributed by atoms with Crippen LogP contribution in [0.1, 0.15) is 46.8 Å². The monoisotopic (exact) mass is 422 g/mol. The molecule has 2 aliphatic rings. The van der Waals surface area contributed by atoms with Gasteiger partial charge in [0.05, 0.1) is 17.5 Å². The highest BCUT2D eigenvalue weighted by Crippen LogP contribution is 2.33. The molecule has 4 heterocycles. The second-order valence-corrected chi connectivity index (χ2v) is 9.40. The summed E-state index contributed by atoms with van der Waals surface area (Å²) in [5.74, 6) is 0.642. The number of rotatable bonds is 4. The van der Waals surface area contributed by atoms with Crippen LogP contribution in [-0.4, -0.2) is 39.1 Å². The third-order valence-electron chi connectivity index (χ3n) is 7.48. The Morgan fingerprint density at radius 3 is 2.75 bits per heavy atom. The molecule has 4 aromatic rings. The van der Waals surface area contributed by atoms with E-state index in [1.807, 2.05) is 12.5 Å². The topological polar surface area (TPSA) is 34.0 Å². The molecule has 162 valence electrons. The Kier molecular flexibility index (Phi) is 5.03. The minimum absolute atomic E-state index is 0.642. The molecular formula is C28H30N4. The molecule has 32 heavy (non-hydrogen) atoms. The lowest BCUT2D eigenvalue weighted by Crippen LogP contribution is -2.34. The van der Waals surface area contributed by atoms with Crippen LogP contribution >= 0.6 is 0 Å². The van der Waals surface area contributed by atoms with Gasteiger partial charge in [-0.1, -0.05) is 30.3 Å². The van der Waals surface area contributed by atoms with Gasteiger partial charge >= 0.3 is 0 Å². The smallest absolute Gasteiger partial charge is 0.0994 e. The number of fused-ring (bicyclic) bond motifs is 4. The molecule has 0 aliphatic carbocycles. The van der Waals surface area contributed by atoms with Gasteiger partial charge in [-0.25, -0.2) is 4.98 Å². The van der Waals surface area contributed by atoms with Gasteiger partial charge in [0.2, 0.25) is 0 Å². The molecule has 0 radical (unpaired) electrons. The number of benzene rings is 2. The number of piperidine rings is 1. The SMILES string of the molecule is Cc1ccc2c(C3CCN(CCc4cccc5c4CCc4cncn4-5)CC3)cccc2n1. The van der Waals surface area contributed by atoms with Crippen LogP contribution in [0.15, 0.2) is 61.1 Å². The number of aryl methyl sites for hydroxylation is 2. The lowest BCUT2D eigenvalue weighted by Gasteiger charge is -2.33. The number of pyridine rings is 1.